The van der Waals surface area contributed by atoms with Crippen molar-refractivity contribution < 1.29 is 38.4 Å². The topological polar surface area (TPSA) is 171 Å². The molecule has 2 fully saturated rings. The second kappa shape index (κ2) is 24.7. The zero-order chi connectivity index (χ0) is 54.3. The van der Waals surface area contributed by atoms with Crippen LogP contribution in [0.5, 0.6) is 11.5 Å². The molecule has 78 heavy (non-hydrogen) atoms. The number of carbonyl (C=O) groups is 3. The summed E-state index contributed by atoms with van der Waals surface area (Å²) in [5.74, 6) is 1.23. The van der Waals surface area contributed by atoms with Gasteiger partial charge in [-0.25, -0.2) is 4.79 Å². The summed E-state index contributed by atoms with van der Waals surface area (Å²) < 4.78 is 23.4. The summed E-state index contributed by atoms with van der Waals surface area (Å²) >= 11 is 12.7. The molecule has 4 aliphatic heterocycles. The number of hydrogen-bond donors (Lipinski definition) is 3. The number of amidine groups is 1. The van der Waals surface area contributed by atoms with Gasteiger partial charge in [-0.05, 0) is 133 Å². The fraction of sp³-hybridized carbons (Fsp3) is 0.350. The average molecular weight is 1100 g/mol. The molecule has 406 valence electrons. The van der Waals surface area contributed by atoms with E-state index in [0.29, 0.717) is 51.7 Å². The standard InChI is InChI=1S/C60H64Cl2N8O8/c1-38(2)78-53-33-47(75-3)16-17-49(53)59-66-56(40-7-12-44(61)13-8-40)57(41-9-14-45(62)15-10-41)70(59)60(74)69-26-25-67(55(73)35-69)27-28-76-29-30-77-37-54(72)64-46-6-4-5-42(31-46)43-11-18-51-50(32-43)58-48(52(36-71)65-51)21-24-68(58)34-39-19-22-63-23-20-39/h4-20,22-23,31-33,38,48,52,56-58,65,71H,21,24-30,34-37H2,1-3H3,(H,64,72)/t48-,52-,56-,57+,58-/m1/s1. The van der Waals surface area contributed by atoms with Crippen LogP contribution in [0.15, 0.2) is 139 Å². The minimum absolute atomic E-state index is 0.0199. The third-order valence-electron chi connectivity index (χ3n) is 14.8. The van der Waals surface area contributed by atoms with Gasteiger partial charge >= 0.3 is 6.03 Å². The second-order valence-corrected chi connectivity index (χ2v) is 21.1. The van der Waals surface area contributed by atoms with Crippen molar-refractivity contribution in [1.82, 2.24) is 24.6 Å². The van der Waals surface area contributed by atoms with E-state index in [1.165, 1.54) is 11.1 Å². The van der Waals surface area contributed by atoms with Gasteiger partial charge in [-0.3, -0.25) is 29.4 Å². The molecule has 16 nitrogen and oxygen atoms in total. The first-order valence-corrected chi connectivity index (χ1v) is 27.2. The number of likely N-dealkylation sites (tertiary alicyclic amines) is 1. The summed E-state index contributed by atoms with van der Waals surface area (Å²) in [6.45, 7) is 6.86. The SMILES string of the molecule is COc1ccc(C2=N[C@H](c3ccc(Cl)cc3)[C@H](c3ccc(Cl)cc3)N2C(=O)N2CCN(CCOCCOCC(=O)Nc3cccc(-c4ccc5c(c4)[C@H]4[C@H](CCN4Cc4ccncc4)[C@@H](CO)N5)c3)C(=O)C2)c(OC(C)C)c1. The largest absolute Gasteiger partial charge is 0.497 e. The zero-order valence-electron chi connectivity index (χ0n) is 43.9. The summed E-state index contributed by atoms with van der Waals surface area (Å²) in [4.78, 5) is 58.9. The predicted molar refractivity (Wildman–Crippen MR) is 301 cm³/mol. The molecule has 5 aromatic carbocycles. The summed E-state index contributed by atoms with van der Waals surface area (Å²) in [6.07, 6.45) is 4.44. The lowest BCUT2D eigenvalue weighted by atomic mass is 9.82. The Hall–Kier alpha value is -7.05. The Labute approximate surface area is 464 Å². The Bertz CT molecular complexity index is 3110. The minimum atomic E-state index is -0.621. The molecule has 2 saturated heterocycles. The van der Waals surface area contributed by atoms with E-state index in [1.54, 1.807) is 52.1 Å². The molecule has 4 amide bonds. The van der Waals surface area contributed by atoms with E-state index in [0.717, 1.165) is 47.5 Å². The van der Waals surface area contributed by atoms with E-state index in [1.807, 2.05) is 86.9 Å². The van der Waals surface area contributed by atoms with E-state index in [2.05, 4.69) is 50.8 Å². The van der Waals surface area contributed by atoms with Gasteiger partial charge in [0.15, 0.2) is 0 Å². The number of urea groups is 1. The van der Waals surface area contributed by atoms with Gasteiger partial charge in [0, 0.05) is 78.0 Å². The summed E-state index contributed by atoms with van der Waals surface area (Å²) in [7, 11) is 1.58. The van der Waals surface area contributed by atoms with Crippen LogP contribution in [0.4, 0.5) is 16.2 Å². The molecule has 1 aromatic heterocycles. The molecular weight excluding hydrogens is 1030 g/mol. The first-order chi connectivity index (χ1) is 37.9. The molecule has 5 heterocycles. The number of nitrogens with one attached hydrogen (secondary N) is 2. The Morgan fingerprint density at radius 2 is 1.56 bits per heavy atom. The number of aliphatic hydroxyl groups is 1. The van der Waals surface area contributed by atoms with E-state index in [9.17, 15) is 14.7 Å². The number of piperazine rings is 1. The van der Waals surface area contributed by atoms with Crippen LogP contribution in [0.2, 0.25) is 10.0 Å². The van der Waals surface area contributed by atoms with Crippen molar-refractivity contribution in [3.05, 3.63) is 172 Å². The monoisotopic (exact) mass is 1090 g/mol. The molecule has 0 unspecified atom stereocenters. The Kier molecular flexibility index (Phi) is 17.2. The van der Waals surface area contributed by atoms with Gasteiger partial charge < -0.3 is 44.5 Å². The van der Waals surface area contributed by atoms with E-state index < -0.39 is 12.1 Å². The number of rotatable bonds is 19. The number of halogens is 2. The molecule has 4 aliphatic rings. The van der Waals surface area contributed by atoms with Crippen LogP contribution in [0, 0.1) is 5.92 Å². The van der Waals surface area contributed by atoms with Crippen molar-refractivity contribution in [2.75, 3.05) is 83.5 Å². The molecule has 6 aromatic rings. The van der Waals surface area contributed by atoms with Crippen LogP contribution in [0.25, 0.3) is 11.1 Å². The molecule has 0 radical (unpaired) electrons. The molecule has 5 atom stereocenters. The van der Waals surface area contributed by atoms with Gasteiger partial charge in [0.05, 0.1) is 57.3 Å². The normalized spacial score (nSPS) is 20.0. The molecular formula is C60H64Cl2N8O8. The Morgan fingerprint density at radius 1 is 0.821 bits per heavy atom. The predicted octanol–water partition coefficient (Wildman–Crippen LogP) is 9.68. The molecule has 0 bridgehead atoms. The number of ether oxygens (including phenoxy) is 4. The Morgan fingerprint density at radius 3 is 2.29 bits per heavy atom. The molecule has 0 saturated carbocycles. The van der Waals surface area contributed by atoms with Gasteiger partial charge in [-0.2, -0.15) is 0 Å². The summed E-state index contributed by atoms with van der Waals surface area (Å²) in [6, 6.07) is 37.1. The highest BCUT2D eigenvalue weighted by Crippen LogP contribution is 2.49. The number of aliphatic hydroxyl groups excluding tert-OH is 1. The fourth-order valence-electron chi connectivity index (χ4n) is 11.1. The lowest BCUT2D eigenvalue weighted by Crippen LogP contribution is -2.56. The van der Waals surface area contributed by atoms with Crippen LogP contribution < -0.4 is 20.1 Å². The van der Waals surface area contributed by atoms with Crippen LogP contribution in [0.1, 0.15) is 66.2 Å². The highest BCUT2D eigenvalue weighted by Gasteiger charge is 2.46. The van der Waals surface area contributed by atoms with Gasteiger partial charge in [0.25, 0.3) is 0 Å². The molecule has 0 aliphatic carbocycles. The van der Waals surface area contributed by atoms with E-state index in [4.69, 9.17) is 47.1 Å². The van der Waals surface area contributed by atoms with Crippen LogP contribution in [-0.4, -0.2) is 138 Å². The molecule has 10 rings (SSSR count). The number of amides is 4. The first-order valence-electron chi connectivity index (χ1n) is 26.4. The molecule has 3 N–H and O–H groups in total. The van der Waals surface area contributed by atoms with Gasteiger partial charge in [-0.15, -0.1) is 0 Å². The van der Waals surface area contributed by atoms with Crippen molar-refractivity contribution in [3.8, 4) is 22.6 Å². The number of anilines is 2. The smallest absolute Gasteiger partial charge is 0.326 e. The number of methoxy groups -OCH3 is 1. The van der Waals surface area contributed by atoms with Gasteiger partial charge in [0.2, 0.25) is 11.8 Å². The number of hydrogen-bond acceptors (Lipinski definition) is 12. The van der Waals surface area contributed by atoms with Crippen LogP contribution >= 0.6 is 23.2 Å². The summed E-state index contributed by atoms with van der Waals surface area (Å²) in [5, 5.41) is 18.0. The number of nitrogens with zero attached hydrogens (tertiary/aromatic N) is 6. The highest BCUT2D eigenvalue weighted by molar-refractivity contribution is 6.30. The van der Waals surface area contributed by atoms with Crippen LogP contribution in [-0.2, 0) is 25.6 Å². The minimum Gasteiger partial charge on any atom is -0.497 e. The Balaban J connectivity index is 0.724. The number of carbonyl (C=O) groups excluding carboxylic acids is 3. The maximum atomic E-state index is 15.1. The maximum absolute atomic E-state index is 15.1. The van der Waals surface area contributed by atoms with Crippen molar-refractivity contribution in [2.45, 2.75) is 57.1 Å². The zero-order valence-corrected chi connectivity index (χ0v) is 45.4. The van der Waals surface area contributed by atoms with Crippen molar-refractivity contribution in [2.24, 2.45) is 10.9 Å². The van der Waals surface area contributed by atoms with Crippen LogP contribution in [0.3, 0.4) is 0 Å². The molecule has 0 spiro atoms. The fourth-order valence-corrected chi connectivity index (χ4v) is 11.3. The van der Waals surface area contributed by atoms with Gasteiger partial charge in [-0.1, -0.05) is 65.7 Å². The average Bonchev–Trinajstić information content (AvgIpc) is 4.29. The maximum Gasteiger partial charge on any atom is 0.326 e. The number of aromatic nitrogens is 1. The summed E-state index contributed by atoms with van der Waals surface area (Å²) in [5.41, 5.74) is 8.32. The second-order valence-electron chi connectivity index (χ2n) is 20.2. The number of benzene rings is 5. The number of pyridine rings is 1. The lowest BCUT2D eigenvalue weighted by molar-refractivity contribution is -0.136. The highest BCUT2D eigenvalue weighted by atomic mass is 35.5. The number of aliphatic imine (C=N–C) groups is 1. The third-order valence-corrected chi connectivity index (χ3v) is 15.3. The molecule has 18 heteroatoms. The van der Waals surface area contributed by atoms with Crippen molar-refractivity contribution >= 4 is 58.3 Å². The van der Waals surface area contributed by atoms with Crippen molar-refractivity contribution in [1.29, 1.82) is 0 Å². The van der Waals surface area contributed by atoms with Crippen molar-refractivity contribution in [3.63, 3.8) is 0 Å². The lowest BCUT2D eigenvalue weighted by Gasteiger charge is -2.39. The van der Waals surface area contributed by atoms with Gasteiger partial charge in [0.1, 0.15) is 36.5 Å². The number of fused-ring (bicyclic) bond motifs is 3. The van der Waals surface area contributed by atoms with E-state index >= 15 is 4.79 Å². The third kappa shape index (κ3) is 12.3. The first kappa shape index (κ1) is 54.3. The van der Waals surface area contributed by atoms with E-state index in [-0.39, 0.29) is 88.1 Å². The quantitative estimate of drug-likeness (QED) is 0.0660.